The summed E-state index contributed by atoms with van der Waals surface area (Å²) in [5.41, 5.74) is 6.10. The summed E-state index contributed by atoms with van der Waals surface area (Å²) in [6.45, 7) is 2.13. The van der Waals surface area contributed by atoms with Gasteiger partial charge in [0.05, 0.1) is 19.9 Å². The molecule has 0 unspecified atom stereocenters. The zero-order valence-electron chi connectivity index (χ0n) is 16.8. The van der Waals surface area contributed by atoms with Crippen LogP contribution in [0.15, 0.2) is 42.5 Å². The van der Waals surface area contributed by atoms with Crippen LogP contribution in [0.2, 0.25) is 0 Å². The average Bonchev–Trinajstić information content (AvgIpc) is 3.50. The minimum absolute atomic E-state index is 0.567. The van der Waals surface area contributed by atoms with Crippen molar-refractivity contribution in [3.05, 3.63) is 53.6 Å². The Balaban J connectivity index is 2.06. The summed E-state index contributed by atoms with van der Waals surface area (Å²) in [6, 6.07) is 15.4. The first-order valence-electron chi connectivity index (χ1n) is 9.51. The van der Waals surface area contributed by atoms with Crippen molar-refractivity contribution in [2.45, 2.75) is 25.7 Å². The molecule has 1 aliphatic carbocycles. The predicted octanol–water partition coefficient (Wildman–Crippen LogP) is 5.78. The van der Waals surface area contributed by atoms with Crippen molar-refractivity contribution in [2.75, 3.05) is 33.2 Å². The van der Waals surface area contributed by atoms with Crippen molar-refractivity contribution in [2.24, 2.45) is 0 Å². The van der Waals surface area contributed by atoms with Gasteiger partial charge in [0.15, 0.2) is 11.5 Å². The van der Waals surface area contributed by atoms with Gasteiger partial charge in [0.2, 0.25) is 0 Å². The summed E-state index contributed by atoms with van der Waals surface area (Å²) in [5, 5.41) is 2.49. The number of rotatable bonds is 5. The van der Waals surface area contributed by atoms with E-state index in [0.29, 0.717) is 5.92 Å². The second-order valence-corrected chi connectivity index (χ2v) is 7.63. The molecule has 140 valence electrons. The fourth-order valence-electron chi connectivity index (χ4n) is 4.07. The maximum Gasteiger partial charge on any atom is 0.185 e. The molecule has 0 radical (unpaired) electrons. The van der Waals surface area contributed by atoms with Crippen LogP contribution < -0.4 is 14.4 Å². The van der Waals surface area contributed by atoms with Gasteiger partial charge in [-0.15, -0.1) is 0 Å². The summed E-state index contributed by atoms with van der Waals surface area (Å²) >= 11 is 0. The highest BCUT2D eigenvalue weighted by Crippen LogP contribution is 2.55. The first kappa shape index (κ1) is 17.7. The molecule has 0 heterocycles. The van der Waals surface area contributed by atoms with Crippen LogP contribution in [0.5, 0.6) is 11.5 Å². The van der Waals surface area contributed by atoms with Crippen LogP contribution in [0.25, 0.3) is 21.9 Å². The Hall–Kier alpha value is -2.68. The Bertz CT molecular complexity index is 1000. The van der Waals surface area contributed by atoms with E-state index in [1.165, 1.54) is 45.9 Å². The highest BCUT2D eigenvalue weighted by Gasteiger charge is 2.33. The molecule has 0 spiro atoms. The van der Waals surface area contributed by atoms with Crippen molar-refractivity contribution >= 4 is 16.5 Å². The molecule has 0 atom stereocenters. The molecule has 1 aliphatic rings. The lowest BCUT2D eigenvalue weighted by Crippen LogP contribution is -2.12. The minimum atomic E-state index is 0.567. The number of ether oxygens (including phenoxy) is 2. The molecule has 0 amide bonds. The van der Waals surface area contributed by atoms with E-state index in [9.17, 15) is 0 Å². The predicted molar refractivity (Wildman–Crippen MR) is 114 cm³/mol. The Morgan fingerprint density at radius 2 is 1.56 bits per heavy atom. The van der Waals surface area contributed by atoms with Crippen LogP contribution in [0.4, 0.5) is 5.69 Å². The Kier molecular flexibility index (Phi) is 4.47. The molecule has 0 aliphatic heterocycles. The first-order chi connectivity index (χ1) is 13.0. The molecule has 0 N–H and O–H groups in total. The molecule has 3 aromatic rings. The fraction of sp³-hybridized carbons (Fsp3) is 0.333. The lowest BCUT2D eigenvalue weighted by Gasteiger charge is -2.25. The molecule has 4 rings (SSSR count). The standard InChI is InChI=1S/C24H27NO2/c1-15-7-6-8-17(13-15)18-11-12-19-20(14-18)22(25(2)3)24(27-5)23(26-4)21(19)16-9-10-16/h6-8,11-14,16H,9-10H2,1-5H3. The van der Waals surface area contributed by atoms with Crippen molar-refractivity contribution in [3.8, 4) is 22.6 Å². The van der Waals surface area contributed by atoms with Crippen LogP contribution in [0, 0.1) is 6.92 Å². The zero-order chi connectivity index (χ0) is 19.1. The van der Waals surface area contributed by atoms with Gasteiger partial charge in [-0.05, 0) is 48.3 Å². The molecule has 0 aromatic heterocycles. The number of methoxy groups -OCH3 is 2. The highest BCUT2D eigenvalue weighted by atomic mass is 16.5. The van der Waals surface area contributed by atoms with Gasteiger partial charge in [-0.3, -0.25) is 0 Å². The van der Waals surface area contributed by atoms with Gasteiger partial charge in [-0.25, -0.2) is 0 Å². The van der Waals surface area contributed by atoms with Crippen LogP contribution in [0.3, 0.4) is 0 Å². The summed E-state index contributed by atoms with van der Waals surface area (Å²) < 4.78 is 11.7. The molecule has 3 heteroatoms. The fourth-order valence-corrected chi connectivity index (χ4v) is 4.07. The van der Waals surface area contributed by atoms with Crippen molar-refractivity contribution in [1.82, 2.24) is 0 Å². The van der Waals surface area contributed by atoms with Gasteiger partial charge < -0.3 is 14.4 Å². The van der Waals surface area contributed by atoms with Gasteiger partial charge in [0.1, 0.15) is 0 Å². The normalized spacial score (nSPS) is 13.7. The quantitative estimate of drug-likeness (QED) is 0.575. The maximum atomic E-state index is 5.85. The Morgan fingerprint density at radius 3 is 2.15 bits per heavy atom. The van der Waals surface area contributed by atoms with E-state index in [-0.39, 0.29) is 0 Å². The summed E-state index contributed by atoms with van der Waals surface area (Å²) in [5.74, 6) is 2.29. The Labute approximate surface area is 161 Å². The lowest BCUT2D eigenvalue weighted by molar-refractivity contribution is 0.353. The number of hydrogen-bond donors (Lipinski definition) is 0. The van der Waals surface area contributed by atoms with Crippen molar-refractivity contribution in [3.63, 3.8) is 0 Å². The van der Waals surface area contributed by atoms with Gasteiger partial charge in [-0.1, -0.05) is 42.0 Å². The number of nitrogens with zero attached hydrogens (tertiary/aromatic N) is 1. The largest absolute Gasteiger partial charge is 0.492 e. The van der Waals surface area contributed by atoms with Gasteiger partial charge in [0.25, 0.3) is 0 Å². The molecule has 3 nitrogen and oxygen atoms in total. The molecule has 0 bridgehead atoms. The second kappa shape index (κ2) is 6.80. The molecule has 1 saturated carbocycles. The molecular formula is C24H27NO2. The summed E-state index contributed by atoms with van der Waals surface area (Å²) in [7, 11) is 7.60. The Morgan fingerprint density at radius 1 is 0.852 bits per heavy atom. The van der Waals surface area contributed by atoms with Crippen molar-refractivity contribution in [1.29, 1.82) is 0 Å². The SMILES string of the molecule is COc1c(OC)c(N(C)C)c2cc(-c3cccc(C)c3)ccc2c1C1CC1. The number of hydrogen-bond acceptors (Lipinski definition) is 3. The number of aryl methyl sites for hydroxylation is 1. The van der Waals surface area contributed by atoms with E-state index in [4.69, 9.17) is 9.47 Å². The van der Waals surface area contributed by atoms with Crippen LogP contribution in [-0.2, 0) is 0 Å². The van der Waals surface area contributed by atoms with E-state index < -0.39 is 0 Å². The summed E-state index contributed by atoms with van der Waals surface area (Å²) in [4.78, 5) is 2.13. The zero-order valence-corrected chi connectivity index (χ0v) is 16.8. The smallest absolute Gasteiger partial charge is 0.185 e. The third-order valence-corrected chi connectivity index (χ3v) is 5.42. The monoisotopic (exact) mass is 361 g/mol. The molecule has 3 aromatic carbocycles. The van der Waals surface area contributed by atoms with Crippen LogP contribution >= 0.6 is 0 Å². The summed E-state index contributed by atoms with van der Waals surface area (Å²) in [6.07, 6.45) is 2.44. The van der Waals surface area contributed by atoms with E-state index in [1.54, 1.807) is 14.2 Å². The van der Waals surface area contributed by atoms with Crippen LogP contribution in [-0.4, -0.2) is 28.3 Å². The third kappa shape index (κ3) is 3.01. The average molecular weight is 361 g/mol. The lowest BCUT2D eigenvalue weighted by atomic mass is 9.93. The second-order valence-electron chi connectivity index (χ2n) is 7.63. The highest BCUT2D eigenvalue weighted by molar-refractivity contribution is 6.04. The topological polar surface area (TPSA) is 21.7 Å². The molecular weight excluding hydrogens is 334 g/mol. The first-order valence-corrected chi connectivity index (χ1v) is 9.51. The molecule has 1 fully saturated rings. The van der Waals surface area contributed by atoms with Crippen molar-refractivity contribution < 1.29 is 9.47 Å². The van der Waals surface area contributed by atoms with E-state index in [0.717, 1.165) is 17.2 Å². The maximum absolute atomic E-state index is 5.85. The van der Waals surface area contributed by atoms with Gasteiger partial charge in [-0.2, -0.15) is 0 Å². The number of anilines is 1. The molecule has 27 heavy (non-hydrogen) atoms. The molecule has 0 saturated heterocycles. The third-order valence-electron chi connectivity index (χ3n) is 5.42. The van der Waals surface area contributed by atoms with E-state index >= 15 is 0 Å². The number of benzene rings is 3. The van der Waals surface area contributed by atoms with E-state index in [2.05, 4.69) is 68.4 Å². The van der Waals surface area contributed by atoms with Gasteiger partial charge in [0, 0.05) is 25.0 Å². The number of fused-ring (bicyclic) bond motifs is 1. The minimum Gasteiger partial charge on any atom is -0.492 e. The van der Waals surface area contributed by atoms with Crippen LogP contribution in [0.1, 0.15) is 29.9 Å². The van der Waals surface area contributed by atoms with E-state index in [1.807, 2.05) is 0 Å². The van der Waals surface area contributed by atoms with Gasteiger partial charge >= 0.3 is 0 Å².